The Kier molecular flexibility index (Phi) is 4.60. The fourth-order valence-electron chi connectivity index (χ4n) is 3.46. The molecule has 1 heterocycles. The van der Waals surface area contributed by atoms with Crippen LogP contribution in [-0.2, 0) is 9.53 Å². The number of carbonyl (C=O) groups excluding carboxylic acids is 2. The molecule has 4 atom stereocenters. The Morgan fingerprint density at radius 3 is 2.69 bits per heavy atom. The summed E-state index contributed by atoms with van der Waals surface area (Å²) in [6, 6.07) is 2.85. The number of aliphatic hydroxyl groups excluding tert-OH is 1. The molecule has 0 spiro atoms. The van der Waals surface area contributed by atoms with E-state index < -0.39 is 35.5 Å². The lowest BCUT2D eigenvalue weighted by atomic mass is 9.72. The summed E-state index contributed by atoms with van der Waals surface area (Å²) >= 11 is 0. The number of aromatic hydroxyl groups is 1. The van der Waals surface area contributed by atoms with Gasteiger partial charge >= 0.3 is 5.97 Å². The highest BCUT2D eigenvalue weighted by atomic mass is 16.5. The molecule has 1 aliphatic heterocycles. The van der Waals surface area contributed by atoms with Crippen LogP contribution in [0.1, 0.15) is 29.3 Å². The number of phenols is 1. The Morgan fingerprint density at radius 2 is 2.00 bits per heavy atom. The lowest BCUT2D eigenvalue weighted by Gasteiger charge is -2.41. The van der Waals surface area contributed by atoms with E-state index in [4.69, 9.17) is 9.47 Å². The lowest BCUT2D eigenvalue weighted by molar-refractivity contribution is -0.154. The van der Waals surface area contributed by atoms with Crippen LogP contribution in [0.5, 0.6) is 11.5 Å². The first-order chi connectivity index (χ1) is 12.3. The number of fused-ring (bicyclic) bond motifs is 2. The number of hydrogen-bond acceptors (Lipinski definition) is 7. The van der Waals surface area contributed by atoms with E-state index in [0.717, 1.165) is 0 Å². The monoisotopic (exact) mass is 360 g/mol. The number of phenolic OH excluding ortho intramolecular Hbond substituents is 1. The largest absolute Gasteiger partial charge is 0.507 e. The van der Waals surface area contributed by atoms with Gasteiger partial charge in [-0.1, -0.05) is 18.2 Å². The van der Waals surface area contributed by atoms with E-state index in [1.54, 1.807) is 19.1 Å². The summed E-state index contributed by atoms with van der Waals surface area (Å²) < 4.78 is 10.5. The van der Waals surface area contributed by atoms with Crippen molar-refractivity contribution in [2.75, 3.05) is 7.11 Å². The molecular formula is C19H20O7. The van der Waals surface area contributed by atoms with Gasteiger partial charge in [-0.2, -0.15) is 0 Å². The number of rotatable bonds is 1. The first-order valence-corrected chi connectivity index (χ1v) is 8.19. The fourth-order valence-corrected chi connectivity index (χ4v) is 3.46. The summed E-state index contributed by atoms with van der Waals surface area (Å²) in [5.41, 5.74) is -1.48. The van der Waals surface area contributed by atoms with Crippen molar-refractivity contribution in [3.05, 3.63) is 41.5 Å². The third-order valence-electron chi connectivity index (χ3n) is 4.89. The molecule has 1 aromatic rings. The van der Waals surface area contributed by atoms with E-state index in [-0.39, 0.29) is 17.7 Å². The van der Waals surface area contributed by atoms with Gasteiger partial charge in [0.05, 0.1) is 7.11 Å². The minimum Gasteiger partial charge on any atom is -0.507 e. The SMILES string of the molecule is COc1cc(O)c2c(c1)/C=C/C[C@]1(O)C(C=CC(=O)[C@H]1O)[C@H](C)OC2=O. The van der Waals surface area contributed by atoms with Gasteiger partial charge in [-0.05, 0) is 31.1 Å². The van der Waals surface area contributed by atoms with Crippen molar-refractivity contribution < 1.29 is 34.4 Å². The molecule has 0 bridgehead atoms. The van der Waals surface area contributed by atoms with Gasteiger partial charge in [-0.25, -0.2) is 4.79 Å². The minimum atomic E-state index is -1.81. The summed E-state index contributed by atoms with van der Waals surface area (Å²) in [5, 5.41) is 31.4. The minimum absolute atomic E-state index is 0.0178. The zero-order chi connectivity index (χ0) is 19.1. The molecule has 0 radical (unpaired) electrons. The molecule has 26 heavy (non-hydrogen) atoms. The quantitative estimate of drug-likeness (QED) is 0.645. The Morgan fingerprint density at radius 1 is 1.27 bits per heavy atom. The van der Waals surface area contributed by atoms with Crippen LogP contribution >= 0.6 is 0 Å². The van der Waals surface area contributed by atoms with Gasteiger partial charge in [0.25, 0.3) is 0 Å². The van der Waals surface area contributed by atoms with Crippen LogP contribution in [-0.4, -0.2) is 52.0 Å². The van der Waals surface area contributed by atoms with Crippen LogP contribution in [0.15, 0.2) is 30.4 Å². The van der Waals surface area contributed by atoms with Crippen LogP contribution < -0.4 is 4.74 Å². The van der Waals surface area contributed by atoms with Gasteiger partial charge in [0.1, 0.15) is 34.9 Å². The van der Waals surface area contributed by atoms with Crippen molar-refractivity contribution in [3.8, 4) is 11.5 Å². The zero-order valence-corrected chi connectivity index (χ0v) is 14.4. The molecule has 0 saturated heterocycles. The summed E-state index contributed by atoms with van der Waals surface area (Å²) in [4.78, 5) is 24.4. The maximum Gasteiger partial charge on any atom is 0.342 e. The third kappa shape index (κ3) is 2.89. The number of hydrogen-bond donors (Lipinski definition) is 3. The molecule has 3 rings (SSSR count). The van der Waals surface area contributed by atoms with Crippen molar-refractivity contribution in [3.63, 3.8) is 0 Å². The molecular weight excluding hydrogens is 340 g/mol. The Balaban J connectivity index is 2.12. The predicted molar refractivity (Wildman–Crippen MR) is 91.8 cm³/mol. The van der Waals surface area contributed by atoms with E-state index in [2.05, 4.69) is 0 Å². The van der Waals surface area contributed by atoms with Crippen LogP contribution in [0.4, 0.5) is 0 Å². The van der Waals surface area contributed by atoms with Crippen molar-refractivity contribution in [2.45, 2.75) is 31.2 Å². The van der Waals surface area contributed by atoms with Gasteiger partial charge in [0.15, 0.2) is 5.78 Å². The number of ketones is 1. The molecule has 3 N–H and O–H groups in total. The second-order valence-electron chi connectivity index (χ2n) is 6.51. The van der Waals surface area contributed by atoms with Crippen molar-refractivity contribution in [1.82, 2.24) is 0 Å². The predicted octanol–water partition coefficient (Wildman–Crippen LogP) is 1.21. The maximum atomic E-state index is 12.6. The number of ether oxygens (including phenoxy) is 2. The zero-order valence-electron chi connectivity index (χ0n) is 14.4. The Bertz CT molecular complexity index is 810. The van der Waals surface area contributed by atoms with Crippen LogP contribution in [0.2, 0.25) is 0 Å². The van der Waals surface area contributed by atoms with E-state index in [0.29, 0.717) is 11.3 Å². The Hall–Kier alpha value is -2.64. The molecule has 2 aliphatic rings. The van der Waals surface area contributed by atoms with Gasteiger partial charge in [0, 0.05) is 12.0 Å². The van der Waals surface area contributed by atoms with Gasteiger partial charge < -0.3 is 24.8 Å². The van der Waals surface area contributed by atoms with E-state index in [9.17, 15) is 24.9 Å². The second kappa shape index (κ2) is 6.59. The maximum absolute atomic E-state index is 12.6. The highest BCUT2D eigenvalue weighted by Crippen LogP contribution is 2.38. The molecule has 0 saturated carbocycles. The van der Waals surface area contributed by atoms with Gasteiger partial charge in [-0.3, -0.25) is 4.79 Å². The summed E-state index contributed by atoms with van der Waals surface area (Å²) in [7, 11) is 1.43. The summed E-state index contributed by atoms with van der Waals surface area (Å²) in [6.07, 6.45) is 3.17. The number of cyclic esters (lactones) is 1. The van der Waals surface area contributed by atoms with Crippen molar-refractivity contribution in [1.29, 1.82) is 0 Å². The summed E-state index contributed by atoms with van der Waals surface area (Å²) in [6.45, 7) is 1.56. The first kappa shape index (κ1) is 18.2. The second-order valence-corrected chi connectivity index (χ2v) is 6.51. The topological polar surface area (TPSA) is 113 Å². The Labute approximate surface area is 150 Å². The normalized spacial score (nSPS) is 32.2. The number of benzene rings is 1. The number of esters is 1. The van der Waals surface area contributed by atoms with Crippen LogP contribution in [0, 0.1) is 5.92 Å². The van der Waals surface area contributed by atoms with E-state index in [1.807, 2.05) is 0 Å². The molecule has 138 valence electrons. The number of carbonyl (C=O) groups is 2. The fraction of sp³-hybridized carbons (Fsp3) is 0.368. The van der Waals surface area contributed by atoms with Crippen molar-refractivity contribution >= 4 is 17.8 Å². The lowest BCUT2D eigenvalue weighted by Crippen LogP contribution is -2.57. The molecule has 0 aromatic heterocycles. The van der Waals surface area contributed by atoms with Crippen LogP contribution in [0.3, 0.4) is 0 Å². The molecule has 7 nitrogen and oxygen atoms in total. The molecule has 0 fully saturated rings. The molecule has 1 unspecified atom stereocenters. The number of methoxy groups -OCH3 is 1. The molecule has 0 amide bonds. The average Bonchev–Trinajstić information content (AvgIpc) is 2.58. The standard InChI is InChI=1S/C19H20O7/c1-10-13-5-6-14(20)17(22)19(13,24)7-3-4-11-8-12(25-2)9-15(21)16(11)18(23)26-10/h3-6,8-10,13,17,21-22,24H,7H2,1-2H3/b4-3+/t10-,13?,17+,19-/m0/s1. The average molecular weight is 360 g/mol. The van der Waals surface area contributed by atoms with Crippen molar-refractivity contribution in [2.24, 2.45) is 5.92 Å². The third-order valence-corrected chi connectivity index (χ3v) is 4.89. The molecule has 1 aliphatic carbocycles. The smallest absolute Gasteiger partial charge is 0.342 e. The van der Waals surface area contributed by atoms with Gasteiger partial charge in [0.2, 0.25) is 0 Å². The summed E-state index contributed by atoms with van der Waals surface area (Å²) in [5.74, 6) is -2.11. The molecule has 1 aromatic carbocycles. The first-order valence-electron chi connectivity index (χ1n) is 8.19. The highest BCUT2D eigenvalue weighted by Gasteiger charge is 2.50. The van der Waals surface area contributed by atoms with Gasteiger partial charge in [-0.15, -0.1) is 0 Å². The van der Waals surface area contributed by atoms with E-state index >= 15 is 0 Å². The molecule has 7 heteroatoms. The van der Waals surface area contributed by atoms with Crippen LogP contribution in [0.25, 0.3) is 6.08 Å². The number of aliphatic hydroxyl groups is 2. The highest BCUT2D eigenvalue weighted by molar-refractivity contribution is 5.98. The van der Waals surface area contributed by atoms with E-state index in [1.165, 1.54) is 31.4 Å².